The maximum Gasteiger partial charge on any atom is 0.342 e. The fraction of sp³-hybridized carbons (Fsp3) is 0.417. The van der Waals surface area contributed by atoms with Gasteiger partial charge in [0.2, 0.25) is 0 Å². The third-order valence-electron chi connectivity index (χ3n) is 2.39. The molecule has 0 saturated heterocycles. The van der Waals surface area contributed by atoms with Gasteiger partial charge in [-0.15, -0.1) is 0 Å². The molecule has 0 aliphatic heterocycles. The van der Waals surface area contributed by atoms with E-state index in [9.17, 15) is 9.18 Å². The van der Waals surface area contributed by atoms with E-state index in [1.807, 2.05) is 13.8 Å². The molecule has 0 heterocycles. The van der Waals surface area contributed by atoms with E-state index in [1.54, 1.807) is 0 Å². The van der Waals surface area contributed by atoms with Gasteiger partial charge in [0.1, 0.15) is 17.1 Å². The van der Waals surface area contributed by atoms with Crippen molar-refractivity contribution >= 4 is 5.97 Å². The highest BCUT2D eigenvalue weighted by atomic mass is 19.1. The molecule has 0 amide bonds. The maximum absolute atomic E-state index is 13.3. The first-order valence-electron chi connectivity index (χ1n) is 5.28. The van der Waals surface area contributed by atoms with Gasteiger partial charge in [0.05, 0.1) is 6.10 Å². The second-order valence-corrected chi connectivity index (χ2v) is 3.47. The molecule has 0 aromatic heterocycles. The lowest BCUT2D eigenvalue weighted by atomic mass is 10.1. The number of benzene rings is 1. The summed E-state index contributed by atoms with van der Waals surface area (Å²) in [5.41, 5.74) is -0.394. The van der Waals surface area contributed by atoms with Crippen LogP contribution in [0.2, 0.25) is 0 Å². The van der Waals surface area contributed by atoms with Crippen molar-refractivity contribution in [2.75, 3.05) is 0 Å². The molecular formula is C12H15FO3. The van der Waals surface area contributed by atoms with E-state index in [0.29, 0.717) is 0 Å². The normalized spacial score (nSPS) is 10.5. The number of halogens is 1. The predicted molar refractivity (Wildman–Crippen MR) is 58.4 cm³/mol. The van der Waals surface area contributed by atoms with Crippen molar-refractivity contribution in [2.45, 2.75) is 32.8 Å². The van der Waals surface area contributed by atoms with Gasteiger partial charge in [-0.2, -0.15) is 0 Å². The van der Waals surface area contributed by atoms with Crippen molar-refractivity contribution < 1.29 is 19.0 Å². The molecule has 0 fully saturated rings. The largest absolute Gasteiger partial charge is 0.489 e. The SMILES string of the molecule is CCC(CC)Oc1cccc(F)c1C(=O)O. The fourth-order valence-corrected chi connectivity index (χ4v) is 1.45. The Morgan fingerprint density at radius 3 is 2.56 bits per heavy atom. The van der Waals surface area contributed by atoms with E-state index in [-0.39, 0.29) is 11.9 Å². The lowest BCUT2D eigenvalue weighted by Gasteiger charge is -2.17. The monoisotopic (exact) mass is 226 g/mol. The molecule has 0 radical (unpaired) electrons. The van der Waals surface area contributed by atoms with Crippen LogP contribution in [0.25, 0.3) is 0 Å². The van der Waals surface area contributed by atoms with Crippen LogP contribution in [-0.2, 0) is 0 Å². The molecule has 88 valence electrons. The molecule has 1 aromatic carbocycles. The summed E-state index contributed by atoms with van der Waals surface area (Å²) in [4.78, 5) is 10.9. The summed E-state index contributed by atoms with van der Waals surface area (Å²) in [6, 6.07) is 4.04. The molecule has 0 aliphatic rings. The zero-order chi connectivity index (χ0) is 12.1. The van der Waals surface area contributed by atoms with E-state index in [2.05, 4.69) is 0 Å². The molecule has 1 N–H and O–H groups in total. The van der Waals surface area contributed by atoms with Gasteiger partial charge in [-0.05, 0) is 25.0 Å². The second-order valence-electron chi connectivity index (χ2n) is 3.47. The van der Waals surface area contributed by atoms with Crippen LogP contribution in [0.15, 0.2) is 18.2 Å². The smallest absolute Gasteiger partial charge is 0.342 e. The lowest BCUT2D eigenvalue weighted by molar-refractivity contribution is 0.0682. The van der Waals surface area contributed by atoms with Crippen molar-refractivity contribution in [3.05, 3.63) is 29.6 Å². The molecule has 0 aliphatic carbocycles. The van der Waals surface area contributed by atoms with Crippen LogP contribution in [0.1, 0.15) is 37.0 Å². The third-order valence-corrected chi connectivity index (χ3v) is 2.39. The highest BCUT2D eigenvalue weighted by Crippen LogP contribution is 2.23. The Kier molecular flexibility index (Phi) is 4.28. The topological polar surface area (TPSA) is 46.5 Å². The summed E-state index contributed by atoms with van der Waals surface area (Å²) in [6.07, 6.45) is 1.43. The number of rotatable bonds is 5. The van der Waals surface area contributed by atoms with Gasteiger partial charge < -0.3 is 9.84 Å². The van der Waals surface area contributed by atoms with Gasteiger partial charge in [-0.25, -0.2) is 9.18 Å². The minimum absolute atomic E-state index is 0.0834. The standard InChI is InChI=1S/C12H15FO3/c1-3-8(4-2)16-10-7-5-6-9(13)11(10)12(14)15/h5-8H,3-4H2,1-2H3,(H,14,15). The highest BCUT2D eigenvalue weighted by molar-refractivity contribution is 5.91. The predicted octanol–water partition coefficient (Wildman–Crippen LogP) is 3.09. The van der Waals surface area contributed by atoms with E-state index < -0.39 is 17.3 Å². The molecule has 0 unspecified atom stereocenters. The first-order valence-corrected chi connectivity index (χ1v) is 5.28. The number of carboxylic acids is 1. The van der Waals surface area contributed by atoms with Gasteiger partial charge in [0.15, 0.2) is 0 Å². The number of hydrogen-bond acceptors (Lipinski definition) is 2. The molecule has 1 aromatic rings. The van der Waals surface area contributed by atoms with E-state index in [4.69, 9.17) is 9.84 Å². The summed E-state index contributed by atoms with van der Waals surface area (Å²) in [5, 5.41) is 8.88. The van der Waals surface area contributed by atoms with Crippen LogP contribution < -0.4 is 4.74 Å². The Hall–Kier alpha value is -1.58. The Morgan fingerprint density at radius 2 is 2.06 bits per heavy atom. The van der Waals surface area contributed by atoms with Crippen molar-refractivity contribution in [1.29, 1.82) is 0 Å². The molecule has 3 nitrogen and oxygen atoms in total. The van der Waals surface area contributed by atoms with Crippen molar-refractivity contribution in [3.63, 3.8) is 0 Å². The fourth-order valence-electron chi connectivity index (χ4n) is 1.45. The summed E-state index contributed by atoms with van der Waals surface area (Å²) in [7, 11) is 0. The van der Waals surface area contributed by atoms with E-state index in [1.165, 1.54) is 12.1 Å². The molecule has 0 spiro atoms. The average molecular weight is 226 g/mol. The molecule has 0 atom stereocenters. The summed E-state index contributed by atoms with van der Waals surface area (Å²) >= 11 is 0. The van der Waals surface area contributed by atoms with Gasteiger partial charge in [0, 0.05) is 0 Å². The number of carbonyl (C=O) groups is 1. The summed E-state index contributed by atoms with van der Waals surface area (Å²) in [6.45, 7) is 3.88. The van der Waals surface area contributed by atoms with Gasteiger partial charge in [0.25, 0.3) is 0 Å². The average Bonchev–Trinajstić information content (AvgIpc) is 2.25. The minimum Gasteiger partial charge on any atom is -0.489 e. The first kappa shape index (κ1) is 12.5. The van der Waals surface area contributed by atoms with Crippen LogP contribution in [0.4, 0.5) is 4.39 Å². The highest BCUT2D eigenvalue weighted by Gasteiger charge is 2.18. The summed E-state index contributed by atoms with van der Waals surface area (Å²) < 4.78 is 18.8. The lowest BCUT2D eigenvalue weighted by Crippen LogP contribution is -2.16. The number of carboxylic acid groups (broad SMARTS) is 1. The molecule has 0 bridgehead atoms. The molecule has 0 saturated carbocycles. The Balaban J connectivity index is 3.03. The van der Waals surface area contributed by atoms with Crippen molar-refractivity contribution in [1.82, 2.24) is 0 Å². The molecular weight excluding hydrogens is 211 g/mol. The molecule has 4 heteroatoms. The molecule has 1 rings (SSSR count). The zero-order valence-corrected chi connectivity index (χ0v) is 9.37. The van der Waals surface area contributed by atoms with Crippen LogP contribution in [0, 0.1) is 5.82 Å². The zero-order valence-electron chi connectivity index (χ0n) is 9.37. The number of hydrogen-bond donors (Lipinski definition) is 1. The van der Waals surface area contributed by atoms with Crippen molar-refractivity contribution in [2.24, 2.45) is 0 Å². The number of aromatic carboxylic acids is 1. The van der Waals surface area contributed by atoms with Crippen LogP contribution in [-0.4, -0.2) is 17.2 Å². The van der Waals surface area contributed by atoms with E-state index >= 15 is 0 Å². The first-order chi connectivity index (χ1) is 7.60. The van der Waals surface area contributed by atoms with Crippen LogP contribution >= 0.6 is 0 Å². The molecule has 16 heavy (non-hydrogen) atoms. The van der Waals surface area contributed by atoms with Crippen LogP contribution in [0.3, 0.4) is 0 Å². The van der Waals surface area contributed by atoms with Gasteiger partial charge in [-0.3, -0.25) is 0 Å². The van der Waals surface area contributed by atoms with Gasteiger partial charge in [-0.1, -0.05) is 19.9 Å². The summed E-state index contributed by atoms with van der Waals surface area (Å²) in [5.74, 6) is -1.98. The Labute approximate surface area is 93.9 Å². The van der Waals surface area contributed by atoms with Crippen molar-refractivity contribution in [3.8, 4) is 5.75 Å². The Bertz CT molecular complexity index is 373. The third kappa shape index (κ3) is 2.72. The Morgan fingerprint density at radius 1 is 1.44 bits per heavy atom. The quantitative estimate of drug-likeness (QED) is 0.839. The maximum atomic E-state index is 13.3. The minimum atomic E-state index is -1.31. The second kappa shape index (κ2) is 5.49. The van der Waals surface area contributed by atoms with Gasteiger partial charge >= 0.3 is 5.97 Å². The van der Waals surface area contributed by atoms with Crippen LogP contribution in [0.5, 0.6) is 5.75 Å². The number of ether oxygens (including phenoxy) is 1. The van der Waals surface area contributed by atoms with E-state index in [0.717, 1.165) is 18.9 Å².